The molecule has 0 fully saturated rings. The summed E-state index contributed by atoms with van der Waals surface area (Å²) in [4.78, 5) is 23.3. The Morgan fingerprint density at radius 2 is 1.74 bits per heavy atom. The number of esters is 1. The van der Waals surface area contributed by atoms with Crippen LogP contribution in [0.15, 0.2) is 36.4 Å². The third-order valence-electron chi connectivity index (χ3n) is 3.82. The van der Waals surface area contributed by atoms with E-state index in [1.165, 1.54) is 14.0 Å². The summed E-state index contributed by atoms with van der Waals surface area (Å²) in [6, 6.07) is 10.5. The van der Waals surface area contributed by atoms with Crippen molar-refractivity contribution in [2.75, 3.05) is 33.3 Å². The fourth-order valence-electron chi connectivity index (χ4n) is 2.50. The molecule has 2 aromatic rings. The summed E-state index contributed by atoms with van der Waals surface area (Å²) >= 11 is 0. The first kappa shape index (κ1) is 20.1. The number of carbonyl (C=O) groups is 2. The van der Waals surface area contributed by atoms with Gasteiger partial charge in [0.1, 0.15) is 5.75 Å². The molecule has 1 N–H and O–H groups in total. The molecule has 2 rings (SSSR count). The highest BCUT2D eigenvalue weighted by molar-refractivity contribution is 6.00. The topological polar surface area (TPSA) is 83.1 Å². The van der Waals surface area contributed by atoms with Gasteiger partial charge in [0.2, 0.25) is 5.91 Å². The van der Waals surface area contributed by atoms with Crippen molar-refractivity contribution in [3.8, 4) is 17.2 Å². The first-order valence-corrected chi connectivity index (χ1v) is 8.32. The van der Waals surface area contributed by atoms with Crippen LogP contribution in [-0.2, 0) is 16.0 Å². The predicted molar refractivity (Wildman–Crippen MR) is 101 cm³/mol. The standard InChI is InChI=1S/C20H23NO6/c1-13(22)21-17-7-5-14(11-16(17)20(23)26-4)9-10-27-19-12-15(24-2)6-8-18(19)25-3/h5-8,11-12H,9-10H2,1-4H3,(H,21,22). The number of hydrogen-bond acceptors (Lipinski definition) is 6. The van der Waals surface area contributed by atoms with Crippen molar-refractivity contribution in [1.29, 1.82) is 0 Å². The quantitative estimate of drug-likeness (QED) is 0.716. The lowest BCUT2D eigenvalue weighted by atomic mass is 10.1. The van der Waals surface area contributed by atoms with E-state index in [-0.39, 0.29) is 5.91 Å². The Morgan fingerprint density at radius 3 is 2.37 bits per heavy atom. The Labute approximate surface area is 158 Å². The summed E-state index contributed by atoms with van der Waals surface area (Å²) in [6.45, 7) is 1.74. The number of ether oxygens (including phenoxy) is 4. The van der Waals surface area contributed by atoms with Gasteiger partial charge in [-0.2, -0.15) is 0 Å². The van der Waals surface area contributed by atoms with Crippen molar-refractivity contribution < 1.29 is 28.5 Å². The molecule has 0 spiro atoms. The maximum Gasteiger partial charge on any atom is 0.339 e. The molecule has 0 atom stereocenters. The minimum absolute atomic E-state index is 0.263. The zero-order chi connectivity index (χ0) is 19.8. The monoisotopic (exact) mass is 373 g/mol. The lowest BCUT2D eigenvalue weighted by molar-refractivity contribution is -0.114. The van der Waals surface area contributed by atoms with Gasteiger partial charge in [-0.3, -0.25) is 4.79 Å². The normalized spacial score (nSPS) is 10.1. The smallest absolute Gasteiger partial charge is 0.339 e. The van der Waals surface area contributed by atoms with Gasteiger partial charge in [-0.1, -0.05) is 6.07 Å². The summed E-state index contributed by atoms with van der Waals surface area (Å²) in [6.07, 6.45) is 0.546. The SMILES string of the molecule is COC(=O)c1cc(CCOc2cc(OC)ccc2OC)ccc1NC(C)=O. The van der Waals surface area contributed by atoms with Crippen LogP contribution >= 0.6 is 0 Å². The zero-order valence-corrected chi connectivity index (χ0v) is 15.8. The number of rotatable bonds is 8. The molecule has 0 aromatic heterocycles. The second kappa shape index (κ2) is 9.47. The van der Waals surface area contributed by atoms with E-state index in [1.54, 1.807) is 44.6 Å². The zero-order valence-electron chi connectivity index (χ0n) is 15.8. The summed E-state index contributed by atoms with van der Waals surface area (Å²) in [5.41, 5.74) is 1.57. The predicted octanol–water partition coefficient (Wildman–Crippen LogP) is 3.07. The van der Waals surface area contributed by atoms with Crippen LogP contribution in [0.3, 0.4) is 0 Å². The molecule has 0 aliphatic heterocycles. The van der Waals surface area contributed by atoms with Gasteiger partial charge in [0.25, 0.3) is 0 Å². The van der Waals surface area contributed by atoms with Gasteiger partial charge < -0.3 is 24.3 Å². The number of hydrogen-bond donors (Lipinski definition) is 1. The number of carbonyl (C=O) groups excluding carboxylic acids is 2. The second-order valence-electron chi connectivity index (χ2n) is 5.67. The fraction of sp³-hybridized carbons (Fsp3) is 0.300. The van der Waals surface area contributed by atoms with E-state index in [0.29, 0.717) is 41.5 Å². The first-order valence-electron chi connectivity index (χ1n) is 8.32. The highest BCUT2D eigenvalue weighted by Gasteiger charge is 2.14. The molecule has 0 aliphatic carbocycles. The van der Waals surface area contributed by atoms with Crippen molar-refractivity contribution >= 4 is 17.6 Å². The number of methoxy groups -OCH3 is 3. The van der Waals surface area contributed by atoms with Gasteiger partial charge in [0, 0.05) is 19.4 Å². The average Bonchev–Trinajstić information content (AvgIpc) is 2.67. The number of benzene rings is 2. The molecule has 1 amide bonds. The minimum Gasteiger partial charge on any atom is -0.497 e. The Morgan fingerprint density at radius 1 is 0.963 bits per heavy atom. The molecule has 0 aliphatic rings. The molecule has 0 saturated heterocycles. The van der Waals surface area contributed by atoms with Crippen molar-refractivity contribution in [3.05, 3.63) is 47.5 Å². The molecule has 2 aromatic carbocycles. The van der Waals surface area contributed by atoms with E-state index in [4.69, 9.17) is 18.9 Å². The maximum atomic E-state index is 12.0. The number of nitrogens with one attached hydrogen (secondary N) is 1. The molecule has 144 valence electrons. The molecule has 27 heavy (non-hydrogen) atoms. The Hall–Kier alpha value is -3.22. The highest BCUT2D eigenvalue weighted by Crippen LogP contribution is 2.31. The summed E-state index contributed by atoms with van der Waals surface area (Å²) in [5, 5.41) is 2.62. The molecule has 0 saturated carbocycles. The van der Waals surface area contributed by atoms with E-state index >= 15 is 0 Å². The molecule has 0 heterocycles. The van der Waals surface area contributed by atoms with Crippen molar-refractivity contribution in [3.63, 3.8) is 0 Å². The van der Waals surface area contributed by atoms with Crippen molar-refractivity contribution in [2.45, 2.75) is 13.3 Å². The molecule has 0 unspecified atom stereocenters. The van der Waals surface area contributed by atoms with Gasteiger partial charge in [0.05, 0.1) is 39.2 Å². The van der Waals surface area contributed by atoms with Crippen LogP contribution in [0.4, 0.5) is 5.69 Å². The largest absolute Gasteiger partial charge is 0.497 e. The van der Waals surface area contributed by atoms with E-state index in [0.717, 1.165) is 5.56 Å². The van der Waals surface area contributed by atoms with E-state index in [1.807, 2.05) is 6.07 Å². The molecule has 0 bridgehead atoms. The molecular formula is C20H23NO6. The Kier molecular flexibility index (Phi) is 7.05. The van der Waals surface area contributed by atoms with Crippen LogP contribution in [-0.4, -0.2) is 39.8 Å². The number of amides is 1. The van der Waals surface area contributed by atoms with E-state index in [2.05, 4.69) is 5.32 Å². The van der Waals surface area contributed by atoms with Gasteiger partial charge in [0.15, 0.2) is 11.5 Å². The third kappa shape index (κ3) is 5.37. The highest BCUT2D eigenvalue weighted by atomic mass is 16.5. The van der Waals surface area contributed by atoms with Gasteiger partial charge in [-0.15, -0.1) is 0 Å². The second-order valence-corrected chi connectivity index (χ2v) is 5.67. The van der Waals surface area contributed by atoms with Crippen LogP contribution in [0.2, 0.25) is 0 Å². The molecule has 0 radical (unpaired) electrons. The van der Waals surface area contributed by atoms with Gasteiger partial charge in [-0.05, 0) is 29.8 Å². The number of anilines is 1. The van der Waals surface area contributed by atoms with Gasteiger partial charge in [-0.25, -0.2) is 4.79 Å². The molecular weight excluding hydrogens is 350 g/mol. The molecule has 7 heteroatoms. The Bertz CT molecular complexity index is 818. The minimum atomic E-state index is -0.518. The average molecular weight is 373 g/mol. The van der Waals surface area contributed by atoms with Gasteiger partial charge >= 0.3 is 5.97 Å². The third-order valence-corrected chi connectivity index (χ3v) is 3.82. The molecule has 7 nitrogen and oxygen atoms in total. The van der Waals surface area contributed by atoms with Crippen LogP contribution in [0, 0.1) is 0 Å². The van der Waals surface area contributed by atoms with Crippen LogP contribution in [0.1, 0.15) is 22.8 Å². The van der Waals surface area contributed by atoms with Crippen molar-refractivity contribution in [1.82, 2.24) is 0 Å². The van der Waals surface area contributed by atoms with E-state index in [9.17, 15) is 9.59 Å². The van der Waals surface area contributed by atoms with Crippen molar-refractivity contribution in [2.24, 2.45) is 0 Å². The Balaban J connectivity index is 2.12. The summed E-state index contributed by atoms with van der Waals surface area (Å²) < 4.78 is 21.1. The van der Waals surface area contributed by atoms with Crippen LogP contribution < -0.4 is 19.5 Å². The first-order chi connectivity index (χ1) is 13.0. The van der Waals surface area contributed by atoms with Crippen LogP contribution in [0.25, 0.3) is 0 Å². The maximum absolute atomic E-state index is 12.0. The van der Waals surface area contributed by atoms with E-state index < -0.39 is 5.97 Å². The summed E-state index contributed by atoms with van der Waals surface area (Å²) in [7, 11) is 4.44. The lowest BCUT2D eigenvalue weighted by Gasteiger charge is -2.13. The fourth-order valence-corrected chi connectivity index (χ4v) is 2.50. The van der Waals surface area contributed by atoms with Crippen LogP contribution in [0.5, 0.6) is 17.2 Å². The summed E-state index contributed by atoms with van der Waals surface area (Å²) in [5.74, 6) is 1.06. The lowest BCUT2D eigenvalue weighted by Crippen LogP contribution is -2.13.